The Hall–Kier alpha value is -2.74. The first kappa shape index (κ1) is 20.0. The number of nitrogens with one attached hydrogen (secondary N) is 1. The van der Waals surface area contributed by atoms with Crippen molar-refractivity contribution in [3.05, 3.63) is 53.6 Å². The number of rotatable bonds is 7. The summed E-state index contributed by atoms with van der Waals surface area (Å²) >= 11 is 0. The minimum atomic E-state index is -1.50. The van der Waals surface area contributed by atoms with Crippen molar-refractivity contribution in [3.8, 4) is 0 Å². The maximum Gasteiger partial charge on any atom is 0.314 e. The van der Waals surface area contributed by atoms with Crippen LogP contribution in [-0.4, -0.2) is 56.4 Å². The highest BCUT2D eigenvalue weighted by molar-refractivity contribution is 5.80. The molecule has 0 saturated carbocycles. The maximum absolute atomic E-state index is 13.2. The molecular formula is C20H24FN3O4. The van der Waals surface area contributed by atoms with Gasteiger partial charge in [0, 0.05) is 25.7 Å². The number of halogens is 1. The molecule has 0 radical (unpaired) electrons. The molecule has 0 unspecified atom stereocenters. The first-order valence-electron chi connectivity index (χ1n) is 9.32. The SMILES string of the molecule is O=C(CCCc1cn[nH]c1)N1CC[C@H](O)[C@](Cc2ccc(F)cc2)(C(=O)O)C1. The average Bonchev–Trinajstić information content (AvgIpc) is 3.18. The van der Waals surface area contributed by atoms with Gasteiger partial charge in [0.1, 0.15) is 11.2 Å². The summed E-state index contributed by atoms with van der Waals surface area (Å²) in [4.78, 5) is 26.3. The lowest BCUT2D eigenvalue weighted by Gasteiger charge is -2.43. The van der Waals surface area contributed by atoms with Crippen molar-refractivity contribution in [2.45, 2.75) is 38.2 Å². The second kappa shape index (κ2) is 8.52. The highest BCUT2D eigenvalue weighted by Gasteiger charge is 2.50. The number of piperidine rings is 1. The number of aromatic nitrogens is 2. The minimum Gasteiger partial charge on any atom is -0.481 e. The van der Waals surface area contributed by atoms with E-state index in [1.807, 2.05) is 0 Å². The van der Waals surface area contributed by atoms with E-state index in [-0.39, 0.29) is 25.3 Å². The molecule has 1 aliphatic heterocycles. The summed E-state index contributed by atoms with van der Waals surface area (Å²) in [6, 6.07) is 5.55. The number of aliphatic carboxylic acids is 1. The summed E-state index contributed by atoms with van der Waals surface area (Å²) in [6.45, 7) is 0.260. The smallest absolute Gasteiger partial charge is 0.314 e. The van der Waals surface area contributed by atoms with E-state index in [1.54, 1.807) is 12.4 Å². The Balaban J connectivity index is 1.68. The third kappa shape index (κ3) is 4.39. The molecule has 150 valence electrons. The topological polar surface area (TPSA) is 107 Å². The van der Waals surface area contributed by atoms with Crippen molar-refractivity contribution >= 4 is 11.9 Å². The van der Waals surface area contributed by atoms with Gasteiger partial charge >= 0.3 is 5.97 Å². The number of carboxylic acids is 1. The lowest BCUT2D eigenvalue weighted by atomic mass is 9.72. The van der Waals surface area contributed by atoms with Crippen LogP contribution in [0, 0.1) is 11.2 Å². The van der Waals surface area contributed by atoms with Crippen LogP contribution < -0.4 is 0 Å². The summed E-state index contributed by atoms with van der Waals surface area (Å²) in [6.07, 6.45) is 4.27. The molecule has 7 nitrogen and oxygen atoms in total. The number of nitrogens with zero attached hydrogens (tertiary/aromatic N) is 2. The number of aliphatic hydroxyl groups is 1. The van der Waals surface area contributed by atoms with Crippen molar-refractivity contribution in [3.63, 3.8) is 0 Å². The predicted octanol–water partition coefficient (Wildman–Crippen LogP) is 1.78. The number of hydrogen-bond acceptors (Lipinski definition) is 4. The van der Waals surface area contributed by atoms with Gasteiger partial charge in [-0.2, -0.15) is 5.10 Å². The fourth-order valence-corrected chi connectivity index (χ4v) is 3.73. The Morgan fingerprint density at radius 1 is 1.29 bits per heavy atom. The molecule has 1 fully saturated rings. The first-order valence-corrected chi connectivity index (χ1v) is 9.32. The molecule has 1 aromatic heterocycles. The van der Waals surface area contributed by atoms with Crippen molar-refractivity contribution in [1.82, 2.24) is 15.1 Å². The molecule has 0 spiro atoms. The Morgan fingerprint density at radius 2 is 2.04 bits per heavy atom. The number of aliphatic hydroxyl groups excluding tert-OH is 1. The molecule has 0 aliphatic carbocycles. The molecule has 2 aromatic rings. The molecule has 2 heterocycles. The first-order chi connectivity index (χ1) is 13.4. The fourth-order valence-electron chi connectivity index (χ4n) is 3.73. The number of likely N-dealkylation sites (tertiary alicyclic amines) is 1. The summed E-state index contributed by atoms with van der Waals surface area (Å²) < 4.78 is 13.2. The number of amides is 1. The molecule has 2 atom stereocenters. The molecule has 28 heavy (non-hydrogen) atoms. The van der Waals surface area contributed by atoms with Gasteiger partial charge in [0.15, 0.2) is 0 Å². The van der Waals surface area contributed by atoms with E-state index >= 15 is 0 Å². The van der Waals surface area contributed by atoms with Crippen LogP contribution >= 0.6 is 0 Å². The summed E-state index contributed by atoms with van der Waals surface area (Å²) in [7, 11) is 0. The van der Waals surface area contributed by atoms with E-state index in [9.17, 15) is 24.2 Å². The van der Waals surface area contributed by atoms with Crippen LogP contribution in [0.25, 0.3) is 0 Å². The van der Waals surface area contributed by atoms with Crippen molar-refractivity contribution in [2.75, 3.05) is 13.1 Å². The average molecular weight is 389 g/mol. The van der Waals surface area contributed by atoms with E-state index in [4.69, 9.17) is 0 Å². The number of benzene rings is 1. The zero-order chi connectivity index (χ0) is 20.1. The van der Waals surface area contributed by atoms with Gasteiger partial charge in [-0.25, -0.2) is 4.39 Å². The summed E-state index contributed by atoms with van der Waals surface area (Å²) in [5.74, 6) is -1.69. The lowest BCUT2D eigenvalue weighted by Crippen LogP contribution is -2.58. The summed E-state index contributed by atoms with van der Waals surface area (Å²) in [5, 5.41) is 27.0. The zero-order valence-corrected chi connectivity index (χ0v) is 15.5. The van der Waals surface area contributed by atoms with Gasteiger partial charge in [0.25, 0.3) is 0 Å². The number of aryl methyl sites for hydroxylation is 1. The Morgan fingerprint density at radius 3 is 2.68 bits per heavy atom. The normalized spacial score (nSPS) is 22.2. The quantitative estimate of drug-likeness (QED) is 0.669. The third-order valence-electron chi connectivity index (χ3n) is 5.41. The number of hydrogen-bond donors (Lipinski definition) is 3. The molecule has 8 heteroatoms. The van der Waals surface area contributed by atoms with Crippen molar-refractivity contribution in [1.29, 1.82) is 0 Å². The second-order valence-electron chi connectivity index (χ2n) is 7.34. The Labute approximate surface area is 162 Å². The van der Waals surface area contributed by atoms with E-state index in [2.05, 4.69) is 10.2 Å². The van der Waals surface area contributed by atoms with Gasteiger partial charge < -0.3 is 15.1 Å². The van der Waals surface area contributed by atoms with Gasteiger partial charge in [-0.05, 0) is 48.9 Å². The van der Waals surface area contributed by atoms with Gasteiger partial charge in [-0.3, -0.25) is 14.7 Å². The predicted molar refractivity (Wildman–Crippen MR) is 98.9 cm³/mol. The van der Waals surface area contributed by atoms with Crippen LogP contribution in [-0.2, 0) is 22.4 Å². The van der Waals surface area contributed by atoms with Crippen LogP contribution in [0.3, 0.4) is 0 Å². The van der Waals surface area contributed by atoms with Gasteiger partial charge in [-0.1, -0.05) is 12.1 Å². The highest BCUT2D eigenvalue weighted by atomic mass is 19.1. The number of H-pyrrole nitrogens is 1. The second-order valence-corrected chi connectivity index (χ2v) is 7.34. The van der Waals surface area contributed by atoms with Crippen LogP contribution in [0.4, 0.5) is 4.39 Å². The van der Waals surface area contributed by atoms with Crippen molar-refractivity contribution in [2.24, 2.45) is 5.41 Å². The molecule has 0 bridgehead atoms. The lowest BCUT2D eigenvalue weighted by molar-refractivity contribution is -0.165. The maximum atomic E-state index is 13.2. The van der Waals surface area contributed by atoms with Gasteiger partial charge in [0.2, 0.25) is 5.91 Å². The largest absolute Gasteiger partial charge is 0.481 e. The van der Waals surface area contributed by atoms with Crippen LogP contribution in [0.1, 0.15) is 30.4 Å². The fraction of sp³-hybridized carbons (Fsp3) is 0.450. The van der Waals surface area contributed by atoms with E-state index < -0.39 is 23.3 Å². The van der Waals surface area contributed by atoms with Crippen LogP contribution in [0.5, 0.6) is 0 Å². The molecule has 1 aromatic carbocycles. The zero-order valence-electron chi connectivity index (χ0n) is 15.5. The molecular weight excluding hydrogens is 365 g/mol. The molecule has 3 rings (SSSR count). The molecule has 1 aliphatic rings. The molecule has 3 N–H and O–H groups in total. The highest BCUT2D eigenvalue weighted by Crippen LogP contribution is 2.35. The van der Waals surface area contributed by atoms with E-state index in [0.29, 0.717) is 31.4 Å². The number of carbonyl (C=O) groups is 2. The number of carbonyl (C=O) groups excluding carboxylic acids is 1. The van der Waals surface area contributed by atoms with E-state index in [1.165, 1.54) is 29.2 Å². The third-order valence-corrected chi connectivity index (χ3v) is 5.41. The van der Waals surface area contributed by atoms with E-state index in [0.717, 1.165) is 5.56 Å². The molecule has 1 saturated heterocycles. The van der Waals surface area contributed by atoms with Gasteiger partial charge in [0.05, 0.1) is 12.3 Å². The number of aromatic amines is 1. The van der Waals surface area contributed by atoms with Crippen LogP contribution in [0.2, 0.25) is 0 Å². The number of carboxylic acid groups (broad SMARTS) is 1. The van der Waals surface area contributed by atoms with Gasteiger partial charge in [-0.15, -0.1) is 0 Å². The standard InChI is InChI=1S/C20H24FN3O4/c21-16-6-4-14(5-7-16)10-20(19(27)28)13-24(9-8-17(20)25)18(26)3-1-2-15-11-22-23-12-15/h4-7,11-12,17,25H,1-3,8-10,13H2,(H,22,23)(H,27,28)/t17-,20+/m0/s1. The van der Waals surface area contributed by atoms with Crippen LogP contribution in [0.15, 0.2) is 36.7 Å². The molecule has 1 amide bonds. The van der Waals surface area contributed by atoms with Crippen molar-refractivity contribution < 1.29 is 24.2 Å². The minimum absolute atomic E-state index is 0.0303. The Kier molecular flexibility index (Phi) is 6.08. The Bertz CT molecular complexity index is 809. The summed E-state index contributed by atoms with van der Waals surface area (Å²) in [5.41, 5.74) is 0.117. The monoisotopic (exact) mass is 389 g/mol.